The highest BCUT2D eigenvalue weighted by Gasteiger charge is 2.38. The summed E-state index contributed by atoms with van der Waals surface area (Å²) in [5.41, 5.74) is 0.446. The van der Waals surface area contributed by atoms with E-state index in [1.165, 1.54) is 0 Å². The molecule has 1 fully saturated rings. The number of pyridine rings is 1. The van der Waals surface area contributed by atoms with E-state index in [1.54, 1.807) is 6.20 Å². The van der Waals surface area contributed by atoms with Crippen molar-refractivity contribution in [3.05, 3.63) is 30.1 Å². The summed E-state index contributed by atoms with van der Waals surface area (Å²) in [5.74, 6) is -0.701. The summed E-state index contributed by atoms with van der Waals surface area (Å²) in [4.78, 5) is 15.5. The zero-order chi connectivity index (χ0) is 12.8. The number of carboxylic acids is 1. The molecule has 0 radical (unpaired) electrons. The number of hydrogen-bond donors (Lipinski definition) is 2. The molecule has 98 valence electrons. The molecule has 0 saturated heterocycles. The lowest BCUT2D eigenvalue weighted by Crippen LogP contribution is -2.53. The van der Waals surface area contributed by atoms with Gasteiger partial charge >= 0.3 is 5.97 Å². The number of carboxylic acid groups (broad SMARTS) is 1. The highest BCUT2D eigenvalue weighted by molar-refractivity contribution is 5.78. The third-order valence-electron chi connectivity index (χ3n) is 3.72. The first-order valence-electron chi connectivity index (χ1n) is 6.60. The number of carbonyl (C=O) groups is 1. The van der Waals surface area contributed by atoms with Gasteiger partial charge in [0.1, 0.15) is 5.54 Å². The fraction of sp³-hybridized carbons (Fsp3) is 0.571. The Hall–Kier alpha value is -1.42. The van der Waals surface area contributed by atoms with E-state index in [0.717, 1.165) is 44.1 Å². The third-order valence-corrected chi connectivity index (χ3v) is 3.72. The number of nitrogens with one attached hydrogen (secondary N) is 1. The van der Waals surface area contributed by atoms with Crippen molar-refractivity contribution >= 4 is 5.97 Å². The van der Waals surface area contributed by atoms with E-state index in [1.807, 2.05) is 18.3 Å². The molecule has 1 aromatic rings. The molecule has 4 nitrogen and oxygen atoms in total. The highest BCUT2D eigenvalue weighted by atomic mass is 16.4. The number of aliphatic carboxylic acids is 1. The van der Waals surface area contributed by atoms with E-state index in [2.05, 4.69) is 10.3 Å². The lowest BCUT2D eigenvalue weighted by molar-refractivity contribution is -0.146. The van der Waals surface area contributed by atoms with E-state index < -0.39 is 11.5 Å². The van der Waals surface area contributed by atoms with Crippen molar-refractivity contribution in [1.82, 2.24) is 10.3 Å². The van der Waals surface area contributed by atoms with E-state index in [0.29, 0.717) is 6.54 Å². The molecule has 0 spiro atoms. The molecule has 1 saturated carbocycles. The van der Waals surface area contributed by atoms with Crippen LogP contribution in [-0.4, -0.2) is 28.1 Å². The average molecular weight is 248 g/mol. The Morgan fingerprint density at radius 2 is 2.17 bits per heavy atom. The zero-order valence-corrected chi connectivity index (χ0v) is 10.6. The number of aromatic nitrogens is 1. The second-order valence-corrected chi connectivity index (χ2v) is 4.99. The van der Waals surface area contributed by atoms with Crippen LogP contribution in [0.2, 0.25) is 0 Å². The van der Waals surface area contributed by atoms with Crippen molar-refractivity contribution in [2.45, 2.75) is 44.1 Å². The summed E-state index contributed by atoms with van der Waals surface area (Å²) < 4.78 is 0. The van der Waals surface area contributed by atoms with E-state index in [9.17, 15) is 9.90 Å². The minimum atomic E-state index is -0.701. The van der Waals surface area contributed by atoms with E-state index in [-0.39, 0.29) is 0 Å². The normalized spacial score (nSPS) is 18.4. The zero-order valence-electron chi connectivity index (χ0n) is 10.6. The Labute approximate surface area is 107 Å². The molecule has 0 aromatic carbocycles. The van der Waals surface area contributed by atoms with Crippen molar-refractivity contribution in [2.75, 3.05) is 6.54 Å². The lowest BCUT2D eigenvalue weighted by Gasteiger charge is -2.34. The molecular weight excluding hydrogens is 228 g/mol. The van der Waals surface area contributed by atoms with Gasteiger partial charge in [0.05, 0.1) is 0 Å². The molecule has 0 bridgehead atoms. The summed E-state index contributed by atoms with van der Waals surface area (Å²) in [6, 6.07) is 3.92. The largest absolute Gasteiger partial charge is 0.480 e. The molecule has 1 aromatic heterocycles. The molecule has 2 N–H and O–H groups in total. The highest BCUT2D eigenvalue weighted by Crippen LogP contribution is 2.28. The van der Waals surface area contributed by atoms with Crippen LogP contribution in [0.5, 0.6) is 0 Å². The van der Waals surface area contributed by atoms with Crippen LogP contribution < -0.4 is 5.32 Å². The maximum atomic E-state index is 11.4. The van der Waals surface area contributed by atoms with E-state index >= 15 is 0 Å². The van der Waals surface area contributed by atoms with Gasteiger partial charge in [0.15, 0.2) is 0 Å². The fourth-order valence-electron chi connectivity index (χ4n) is 2.61. The summed E-state index contributed by atoms with van der Waals surface area (Å²) >= 11 is 0. The van der Waals surface area contributed by atoms with Gasteiger partial charge in [-0.2, -0.15) is 0 Å². The van der Waals surface area contributed by atoms with Gasteiger partial charge in [0.2, 0.25) is 0 Å². The summed E-state index contributed by atoms with van der Waals surface area (Å²) in [5, 5.41) is 12.7. The topological polar surface area (TPSA) is 62.2 Å². The van der Waals surface area contributed by atoms with Gasteiger partial charge in [0.25, 0.3) is 0 Å². The molecule has 1 heterocycles. The van der Waals surface area contributed by atoms with Gasteiger partial charge in [-0.1, -0.05) is 25.3 Å². The van der Waals surface area contributed by atoms with Crippen LogP contribution in [0.3, 0.4) is 0 Å². The van der Waals surface area contributed by atoms with Gasteiger partial charge in [-0.25, -0.2) is 0 Å². The van der Waals surface area contributed by atoms with Gasteiger partial charge in [-0.3, -0.25) is 9.78 Å². The molecule has 2 rings (SSSR count). The Bertz CT molecular complexity index is 386. The monoisotopic (exact) mass is 248 g/mol. The van der Waals surface area contributed by atoms with E-state index in [4.69, 9.17) is 0 Å². The molecule has 0 atom stereocenters. The molecule has 4 heteroatoms. The summed E-state index contributed by atoms with van der Waals surface area (Å²) in [6.07, 6.45) is 9.05. The molecule has 0 amide bonds. The summed E-state index contributed by atoms with van der Waals surface area (Å²) in [6.45, 7) is 0.692. The van der Waals surface area contributed by atoms with Crippen LogP contribution in [0.1, 0.15) is 37.7 Å². The fourth-order valence-corrected chi connectivity index (χ4v) is 2.61. The van der Waals surface area contributed by atoms with Crippen LogP contribution in [0.25, 0.3) is 0 Å². The Morgan fingerprint density at radius 1 is 1.39 bits per heavy atom. The van der Waals surface area contributed by atoms with Crippen molar-refractivity contribution in [1.29, 1.82) is 0 Å². The van der Waals surface area contributed by atoms with Crippen LogP contribution in [-0.2, 0) is 11.2 Å². The molecule has 1 aliphatic rings. The quantitative estimate of drug-likeness (QED) is 0.836. The van der Waals surface area contributed by atoms with Crippen molar-refractivity contribution in [3.8, 4) is 0 Å². The first-order chi connectivity index (χ1) is 8.73. The van der Waals surface area contributed by atoms with Crippen LogP contribution in [0.15, 0.2) is 24.5 Å². The van der Waals surface area contributed by atoms with Crippen molar-refractivity contribution in [3.63, 3.8) is 0 Å². The Balaban J connectivity index is 1.88. The average Bonchev–Trinajstić information content (AvgIpc) is 2.41. The third kappa shape index (κ3) is 3.07. The second-order valence-electron chi connectivity index (χ2n) is 4.99. The van der Waals surface area contributed by atoms with Gasteiger partial charge in [-0.05, 0) is 30.9 Å². The van der Waals surface area contributed by atoms with Crippen molar-refractivity contribution < 1.29 is 9.90 Å². The molecule has 1 aliphatic carbocycles. The molecule has 0 aliphatic heterocycles. The van der Waals surface area contributed by atoms with Gasteiger partial charge < -0.3 is 10.4 Å². The van der Waals surface area contributed by atoms with Crippen LogP contribution >= 0.6 is 0 Å². The van der Waals surface area contributed by atoms with Gasteiger partial charge in [-0.15, -0.1) is 0 Å². The minimum Gasteiger partial charge on any atom is -0.480 e. The maximum Gasteiger partial charge on any atom is 0.323 e. The molecule has 0 unspecified atom stereocenters. The number of rotatable bonds is 5. The Morgan fingerprint density at radius 3 is 2.78 bits per heavy atom. The smallest absolute Gasteiger partial charge is 0.323 e. The minimum absolute atomic E-state index is 0.692. The maximum absolute atomic E-state index is 11.4. The molecule has 18 heavy (non-hydrogen) atoms. The standard InChI is InChI=1S/C14H20N2O2/c17-13(18)14(7-2-1-3-8-14)16-10-6-12-5-4-9-15-11-12/h4-5,9,11,16H,1-3,6-8,10H2,(H,17,18). The SMILES string of the molecule is O=C(O)C1(NCCc2cccnc2)CCCCC1. The number of hydrogen-bond acceptors (Lipinski definition) is 3. The predicted molar refractivity (Wildman–Crippen MR) is 69.4 cm³/mol. The first kappa shape index (κ1) is 13.0. The summed E-state index contributed by atoms with van der Waals surface area (Å²) in [7, 11) is 0. The van der Waals surface area contributed by atoms with Crippen LogP contribution in [0.4, 0.5) is 0 Å². The lowest BCUT2D eigenvalue weighted by atomic mass is 9.81. The predicted octanol–water partition coefficient (Wildman–Crippen LogP) is 2.00. The van der Waals surface area contributed by atoms with Crippen molar-refractivity contribution in [2.24, 2.45) is 0 Å². The number of nitrogens with zero attached hydrogens (tertiary/aromatic N) is 1. The van der Waals surface area contributed by atoms with Gasteiger partial charge in [0, 0.05) is 18.9 Å². The second kappa shape index (κ2) is 5.96. The Kier molecular flexibility index (Phi) is 4.31. The molecular formula is C14H20N2O2. The van der Waals surface area contributed by atoms with Crippen LogP contribution in [0, 0.1) is 0 Å². The first-order valence-corrected chi connectivity index (χ1v) is 6.60.